The number of carbonyl (C=O) groups excluding carboxylic acids is 2. The molecule has 31 heavy (non-hydrogen) atoms. The molecular weight excluding hydrogens is 440 g/mol. The molecule has 0 radical (unpaired) electrons. The van der Waals surface area contributed by atoms with Gasteiger partial charge in [0.15, 0.2) is 0 Å². The third kappa shape index (κ3) is 4.55. The second kappa shape index (κ2) is 8.94. The Labute approximate surface area is 185 Å². The van der Waals surface area contributed by atoms with E-state index in [1.807, 2.05) is 5.38 Å². The zero-order valence-electron chi connectivity index (χ0n) is 16.1. The summed E-state index contributed by atoms with van der Waals surface area (Å²) >= 11 is 7.68. The summed E-state index contributed by atoms with van der Waals surface area (Å²) in [5.74, 6) is -0.344. The fraction of sp³-hybridized carbons (Fsp3) is 0.0500. The molecule has 4 aromatic rings. The number of hydrogen-bond acceptors (Lipinski definition) is 7. The predicted molar refractivity (Wildman–Crippen MR) is 117 cm³/mol. The van der Waals surface area contributed by atoms with Crippen molar-refractivity contribution < 1.29 is 14.3 Å². The predicted octanol–water partition coefficient (Wildman–Crippen LogP) is 3.89. The summed E-state index contributed by atoms with van der Waals surface area (Å²) in [5.41, 5.74) is 1.75. The van der Waals surface area contributed by atoms with Gasteiger partial charge >= 0.3 is 0 Å². The van der Waals surface area contributed by atoms with Gasteiger partial charge in [-0.2, -0.15) is 4.68 Å². The molecule has 0 saturated carbocycles. The Morgan fingerprint density at radius 1 is 1.06 bits per heavy atom. The van der Waals surface area contributed by atoms with Crippen LogP contribution in [0.5, 0.6) is 5.75 Å². The highest BCUT2D eigenvalue weighted by atomic mass is 35.5. The number of anilines is 2. The Hall–Kier alpha value is -3.76. The first-order valence-corrected chi connectivity index (χ1v) is 10.2. The minimum absolute atomic E-state index is 0.217. The molecule has 0 atom stereocenters. The molecule has 0 saturated heterocycles. The first-order valence-electron chi connectivity index (χ1n) is 8.92. The van der Waals surface area contributed by atoms with Crippen molar-refractivity contribution in [3.05, 3.63) is 75.7 Å². The molecule has 9 nitrogen and oxygen atoms in total. The topological polar surface area (TPSA) is 111 Å². The Balaban J connectivity index is 1.54. The van der Waals surface area contributed by atoms with Gasteiger partial charge in [0.25, 0.3) is 11.8 Å². The lowest BCUT2D eigenvalue weighted by Crippen LogP contribution is -2.15. The van der Waals surface area contributed by atoms with E-state index in [0.717, 1.165) is 0 Å². The zero-order valence-corrected chi connectivity index (χ0v) is 17.6. The molecule has 0 fully saturated rings. The molecule has 0 aliphatic rings. The Morgan fingerprint density at radius 3 is 2.48 bits per heavy atom. The number of benzene rings is 2. The number of rotatable bonds is 6. The van der Waals surface area contributed by atoms with Crippen LogP contribution in [0.25, 0.3) is 5.69 Å². The number of tetrazole rings is 1. The van der Waals surface area contributed by atoms with Crippen LogP contribution in [0.4, 0.5) is 11.4 Å². The van der Waals surface area contributed by atoms with Crippen molar-refractivity contribution in [2.75, 3.05) is 17.7 Å². The van der Waals surface area contributed by atoms with Gasteiger partial charge in [0, 0.05) is 17.4 Å². The average molecular weight is 455 g/mol. The quantitative estimate of drug-likeness (QED) is 0.457. The molecule has 2 heterocycles. The van der Waals surface area contributed by atoms with Crippen LogP contribution in [-0.2, 0) is 0 Å². The van der Waals surface area contributed by atoms with Gasteiger partial charge in [-0.1, -0.05) is 23.7 Å². The summed E-state index contributed by atoms with van der Waals surface area (Å²) in [5, 5.41) is 18.6. The van der Waals surface area contributed by atoms with Crippen LogP contribution >= 0.6 is 22.9 Å². The van der Waals surface area contributed by atoms with Gasteiger partial charge in [-0.3, -0.25) is 9.59 Å². The van der Waals surface area contributed by atoms with E-state index < -0.39 is 5.91 Å². The van der Waals surface area contributed by atoms with Crippen LogP contribution in [0, 0.1) is 0 Å². The van der Waals surface area contributed by atoms with Crippen molar-refractivity contribution in [1.29, 1.82) is 0 Å². The molecule has 2 aromatic heterocycles. The van der Waals surface area contributed by atoms with E-state index in [1.165, 1.54) is 35.5 Å². The molecule has 2 N–H and O–H groups in total. The molecule has 2 aromatic carbocycles. The van der Waals surface area contributed by atoms with Gasteiger partial charge in [-0.05, 0) is 46.1 Å². The van der Waals surface area contributed by atoms with E-state index >= 15 is 0 Å². The molecule has 2 amide bonds. The summed E-state index contributed by atoms with van der Waals surface area (Å²) in [6, 6.07) is 13.4. The summed E-state index contributed by atoms with van der Waals surface area (Å²) in [6.45, 7) is 0. The number of hydrogen-bond donors (Lipinski definition) is 2. The van der Waals surface area contributed by atoms with E-state index in [0.29, 0.717) is 27.7 Å². The number of halogens is 1. The lowest BCUT2D eigenvalue weighted by Gasteiger charge is -2.13. The minimum atomic E-state index is -0.427. The number of thiophene rings is 1. The number of ether oxygens (including phenoxy) is 1. The van der Waals surface area contributed by atoms with Gasteiger partial charge < -0.3 is 15.4 Å². The summed E-state index contributed by atoms with van der Waals surface area (Å²) in [7, 11) is 1.45. The lowest BCUT2D eigenvalue weighted by molar-refractivity contribution is 0.101. The van der Waals surface area contributed by atoms with Crippen molar-refractivity contribution in [2.24, 2.45) is 0 Å². The van der Waals surface area contributed by atoms with Gasteiger partial charge in [0.1, 0.15) is 12.1 Å². The van der Waals surface area contributed by atoms with Crippen molar-refractivity contribution in [3.8, 4) is 11.4 Å². The minimum Gasteiger partial charge on any atom is -0.496 e. The fourth-order valence-corrected chi connectivity index (χ4v) is 3.68. The van der Waals surface area contributed by atoms with Gasteiger partial charge in [0.05, 0.1) is 28.3 Å². The molecule has 11 heteroatoms. The molecule has 4 rings (SSSR count). The maximum atomic E-state index is 12.9. The van der Waals surface area contributed by atoms with Crippen LogP contribution in [0.3, 0.4) is 0 Å². The smallest absolute Gasteiger partial charge is 0.265 e. The number of carbonyl (C=O) groups is 2. The molecule has 0 bridgehead atoms. The second-order valence-electron chi connectivity index (χ2n) is 6.22. The largest absolute Gasteiger partial charge is 0.496 e. The van der Waals surface area contributed by atoms with E-state index in [9.17, 15) is 9.59 Å². The lowest BCUT2D eigenvalue weighted by atomic mass is 10.1. The van der Waals surface area contributed by atoms with Crippen LogP contribution in [0.1, 0.15) is 20.0 Å². The van der Waals surface area contributed by atoms with Gasteiger partial charge in [-0.15, -0.1) is 16.4 Å². The fourth-order valence-electron chi connectivity index (χ4n) is 2.81. The first kappa shape index (κ1) is 20.5. The molecular formula is C20H15ClN6O3S. The van der Waals surface area contributed by atoms with Crippen LogP contribution in [-0.4, -0.2) is 39.1 Å². The molecule has 0 aliphatic heterocycles. The Bertz CT molecular complexity index is 1230. The van der Waals surface area contributed by atoms with Crippen molar-refractivity contribution in [2.45, 2.75) is 0 Å². The van der Waals surface area contributed by atoms with Gasteiger partial charge in [0.2, 0.25) is 0 Å². The SMILES string of the molecule is COc1cc(-n2cnnn2)c(Cl)cc1C(=O)Nc1cccc(NC(=O)c2cccs2)c1. The maximum absolute atomic E-state index is 12.9. The Kier molecular flexibility index (Phi) is 5.92. The van der Waals surface area contributed by atoms with E-state index in [1.54, 1.807) is 42.5 Å². The summed E-state index contributed by atoms with van der Waals surface area (Å²) in [6.07, 6.45) is 1.39. The normalized spacial score (nSPS) is 10.5. The van der Waals surface area contributed by atoms with Gasteiger partial charge in [-0.25, -0.2) is 0 Å². The van der Waals surface area contributed by atoms with Crippen LogP contribution < -0.4 is 15.4 Å². The number of nitrogens with zero attached hydrogens (tertiary/aromatic N) is 4. The second-order valence-corrected chi connectivity index (χ2v) is 7.58. The first-order chi connectivity index (χ1) is 15.0. The number of aromatic nitrogens is 4. The average Bonchev–Trinajstić information content (AvgIpc) is 3.48. The van der Waals surface area contributed by atoms with Crippen LogP contribution in [0.15, 0.2) is 60.2 Å². The Morgan fingerprint density at radius 2 is 1.84 bits per heavy atom. The van der Waals surface area contributed by atoms with Crippen molar-refractivity contribution in [1.82, 2.24) is 20.2 Å². The molecule has 0 aliphatic carbocycles. The highest BCUT2D eigenvalue weighted by Gasteiger charge is 2.18. The molecule has 0 spiro atoms. The summed E-state index contributed by atoms with van der Waals surface area (Å²) in [4.78, 5) is 25.7. The molecule has 156 valence electrons. The van der Waals surface area contributed by atoms with E-state index in [4.69, 9.17) is 16.3 Å². The van der Waals surface area contributed by atoms with Crippen molar-refractivity contribution in [3.63, 3.8) is 0 Å². The monoisotopic (exact) mass is 454 g/mol. The molecule has 0 unspecified atom stereocenters. The highest BCUT2D eigenvalue weighted by Crippen LogP contribution is 2.30. The zero-order chi connectivity index (χ0) is 21.8. The number of methoxy groups -OCH3 is 1. The summed E-state index contributed by atoms with van der Waals surface area (Å²) < 4.78 is 6.73. The standard InChI is InChI=1S/C20H15ClN6O3S/c1-30-17-10-16(27-11-22-25-26-27)15(21)9-14(17)19(28)23-12-4-2-5-13(8-12)24-20(29)18-6-3-7-31-18/h2-11H,1H3,(H,23,28)(H,24,29). The van der Waals surface area contributed by atoms with E-state index in [-0.39, 0.29) is 16.5 Å². The number of nitrogens with one attached hydrogen (secondary N) is 2. The van der Waals surface area contributed by atoms with Crippen LogP contribution in [0.2, 0.25) is 5.02 Å². The van der Waals surface area contributed by atoms with E-state index in [2.05, 4.69) is 26.2 Å². The highest BCUT2D eigenvalue weighted by molar-refractivity contribution is 7.12. The maximum Gasteiger partial charge on any atom is 0.265 e. The number of amides is 2. The third-order valence-electron chi connectivity index (χ3n) is 4.23. The van der Waals surface area contributed by atoms with Crippen molar-refractivity contribution >= 4 is 46.1 Å². The third-order valence-corrected chi connectivity index (χ3v) is 5.40.